The first kappa shape index (κ1) is 26.3. The number of hydrogen-bond acceptors (Lipinski definition) is 6. The van der Waals surface area contributed by atoms with E-state index in [1.54, 1.807) is 18.2 Å². The highest BCUT2D eigenvalue weighted by atomic mass is 16.6. The quantitative estimate of drug-likeness (QED) is 0.249. The Morgan fingerprint density at radius 1 is 1.23 bits per heavy atom. The maximum atomic E-state index is 11.9. The van der Waals surface area contributed by atoms with Gasteiger partial charge in [0.25, 0.3) is 0 Å². The van der Waals surface area contributed by atoms with Gasteiger partial charge in [0.05, 0.1) is 25.9 Å². The Labute approximate surface area is 206 Å². The molecule has 1 aliphatic rings. The van der Waals surface area contributed by atoms with Gasteiger partial charge < -0.3 is 24.1 Å². The lowest BCUT2D eigenvalue weighted by molar-refractivity contribution is -0.154. The maximum absolute atomic E-state index is 11.9. The highest BCUT2D eigenvalue weighted by Gasteiger charge is 2.37. The van der Waals surface area contributed by atoms with Gasteiger partial charge in [-0.15, -0.1) is 6.58 Å². The van der Waals surface area contributed by atoms with Crippen LogP contribution in [0, 0.1) is 0 Å². The summed E-state index contributed by atoms with van der Waals surface area (Å²) < 4.78 is 23.3. The number of carboxylic acids is 1. The number of carbonyl (C=O) groups excluding carboxylic acids is 1. The van der Waals surface area contributed by atoms with Crippen LogP contribution < -0.4 is 14.2 Å². The smallest absolute Gasteiger partial charge is 0.347 e. The van der Waals surface area contributed by atoms with Crippen molar-refractivity contribution in [3.8, 4) is 17.2 Å². The fourth-order valence-electron chi connectivity index (χ4n) is 4.37. The first-order chi connectivity index (χ1) is 16.9. The number of carbonyl (C=O) groups is 2. The average molecular weight is 483 g/mol. The monoisotopic (exact) mass is 482 g/mol. The zero-order valence-corrected chi connectivity index (χ0v) is 20.7. The average Bonchev–Trinajstić information content (AvgIpc) is 2.84. The molecule has 2 atom stereocenters. The molecule has 0 amide bonds. The van der Waals surface area contributed by atoms with Crippen LogP contribution in [0.1, 0.15) is 53.7 Å². The van der Waals surface area contributed by atoms with Gasteiger partial charge in [0.15, 0.2) is 5.78 Å². The molecule has 2 aromatic carbocycles. The van der Waals surface area contributed by atoms with Crippen molar-refractivity contribution in [3.63, 3.8) is 0 Å². The highest BCUT2D eigenvalue weighted by Crippen LogP contribution is 2.35. The molecule has 2 unspecified atom stereocenters. The molecular formula is C28H34O7. The lowest BCUT2D eigenvalue weighted by Gasteiger charge is -2.32. The molecule has 0 aromatic heterocycles. The second kappa shape index (κ2) is 12.4. The van der Waals surface area contributed by atoms with E-state index in [9.17, 15) is 14.7 Å². The summed E-state index contributed by atoms with van der Waals surface area (Å²) in [6.07, 6.45) is 3.42. The minimum absolute atomic E-state index is 0.0850. The predicted octanol–water partition coefficient (Wildman–Crippen LogP) is 4.82. The van der Waals surface area contributed by atoms with Crippen LogP contribution in [0.25, 0.3) is 0 Å². The fraction of sp³-hybridized carbons (Fsp3) is 0.429. The summed E-state index contributed by atoms with van der Waals surface area (Å²) in [6, 6.07) is 9.38. The Bertz CT molecular complexity index is 1060. The van der Waals surface area contributed by atoms with E-state index in [1.807, 2.05) is 18.2 Å². The number of ether oxygens (including phenoxy) is 4. The van der Waals surface area contributed by atoms with Crippen molar-refractivity contribution in [1.29, 1.82) is 0 Å². The molecule has 2 aromatic rings. The van der Waals surface area contributed by atoms with Crippen LogP contribution in [-0.4, -0.2) is 49.4 Å². The van der Waals surface area contributed by atoms with Gasteiger partial charge in [0.2, 0.25) is 6.10 Å². The van der Waals surface area contributed by atoms with Crippen molar-refractivity contribution in [3.05, 3.63) is 65.2 Å². The van der Waals surface area contributed by atoms with Gasteiger partial charge in [-0.2, -0.15) is 0 Å². The second-order valence-corrected chi connectivity index (χ2v) is 8.52. The summed E-state index contributed by atoms with van der Waals surface area (Å²) >= 11 is 0. The summed E-state index contributed by atoms with van der Waals surface area (Å²) in [6.45, 7) is 8.04. The van der Waals surface area contributed by atoms with E-state index in [-0.39, 0.29) is 5.78 Å². The molecule has 0 spiro atoms. The number of Topliss-reactive ketones (excluding diaryl/α,β-unsaturated/α-hetero) is 1. The van der Waals surface area contributed by atoms with Crippen LogP contribution in [0.2, 0.25) is 0 Å². The molecule has 3 rings (SSSR count). The molecule has 0 fully saturated rings. The van der Waals surface area contributed by atoms with E-state index in [1.165, 1.54) is 14.0 Å². The van der Waals surface area contributed by atoms with Gasteiger partial charge >= 0.3 is 5.97 Å². The van der Waals surface area contributed by atoms with Gasteiger partial charge in [-0.3, -0.25) is 4.79 Å². The Hall–Kier alpha value is -3.32. The standard InChI is InChI=1S/C28H34O7/c1-5-9-19-11-7-12-20-17-24(27(28(30)31)35-25(19)20)34-16-8-15-33-23-14-13-21(18(3)29)26(32-4)22(23)10-6-2/h6-7,11-14,24,27H,2,5,8-10,15-17H2,1,3-4H3,(H,30,31). The largest absolute Gasteiger partial charge is 0.496 e. The van der Waals surface area contributed by atoms with Gasteiger partial charge in [-0.25, -0.2) is 4.79 Å². The number of allylic oxidation sites excluding steroid dienone is 1. The number of aliphatic carboxylic acids is 1. The first-order valence-electron chi connectivity index (χ1n) is 12.0. The number of para-hydroxylation sites is 1. The van der Waals surface area contributed by atoms with Crippen LogP contribution in [0.5, 0.6) is 17.2 Å². The minimum Gasteiger partial charge on any atom is -0.496 e. The molecule has 7 nitrogen and oxygen atoms in total. The van der Waals surface area contributed by atoms with Crippen molar-refractivity contribution in [2.75, 3.05) is 20.3 Å². The number of ketones is 1. The van der Waals surface area contributed by atoms with Crippen LogP contribution in [0.15, 0.2) is 43.0 Å². The van der Waals surface area contributed by atoms with E-state index < -0.39 is 18.2 Å². The van der Waals surface area contributed by atoms with E-state index in [4.69, 9.17) is 18.9 Å². The number of aryl methyl sites for hydroxylation is 1. The number of benzene rings is 2. The maximum Gasteiger partial charge on any atom is 0.347 e. The minimum atomic E-state index is -1.05. The molecule has 1 heterocycles. The summed E-state index contributed by atoms with van der Waals surface area (Å²) in [5, 5.41) is 9.72. The Morgan fingerprint density at radius 3 is 2.69 bits per heavy atom. The van der Waals surface area contributed by atoms with Crippen LogP contribution in [0.4, 0.5) is 0 Å². The highest BCUT2D eigenvalue weighted by molar-refractivity contribution is 5.97. The number of carboxylic acid groups (broad SMARTS) is 1. The molecular weight excluding hydrogens is 448 g/mol. The lowest BCUT2D eigenvalue weighted by atomic mass is 9.95. The van der Waals surface area contributed by atoms with Crippen molar-refractivity contribution in [2.45, 2.75) is 58.2 Å². The lowest BCUT2D eigenvalue weighted by Crippen LogP contribution is -2.45. The first-order valence-corrected chi connectivity index (χ1v) is 12.0. The number of hydrogen-bond donors (Lipinski definition) is 1. The van der Waals surface area contributed by atoms with Crippen LogP contribution >= 0.6 is 0 Å². The number of fused-ring (bicyclic) bond motifs is 1. The topological polar surface area (TPSA) is 91.3 Å². The van der Waals surface area contributed by atoms with E-state index in [0.29, 0.717) is 55.3 Å². The third kappa shape index (κ3) is 6.22. The fourth-order valence-corrected chi connectivity index (χ4v) is 4.37. The van der Waals surface area contributed by atoms with Gasteiger partial charge in [-0.1, -0.05) is 37.6 Å². The van der Waals surface area contributed by atoms with Gasteiger partial charge in [-0.05, 0) is 43.0 Å². The van der Waals surface area contributed by atoms with Crippen molar-refractivity contribution in [1.82, 2.24) is 0 Å². The van der Waals surface area contributed by atoms with Crippen molar-refractivity contribution >= 4 is 11.8 Å². The van der Waals surface area contributed by atoms with Crippen LogP contribution in [-0.2, 0) is 28.8 Å². The molecule has 0 aliphatic carbocycles. The molecule has 7 heteroatoms. The van der Waals surface area contributed by atoms with E-state index in [0.717, 1.165) is 29.5 Å². The molecule has 0 bridgehead atoms. The van der Waals surface area contributed by atoms with Gasteiger partial charge in [0, 0.05) is 18.4 Å². The SMILES string of the molecule is C=CCc1c(OCCCOC2Cc3cccc(CCC)c3OC2C(=O)O)ccc(C(C)=O)c1OC. The zero-order valence-electron chi connectivity index (χ0n) is 20.7. The normalized spacial score (nSPS) is 16.7. The van der Waals surface area contributed by atoms with Crippen molar-refractivity contribution < 1.29 is 33.6 Å². The number of rotatable bonds is 13. The second-order valence-electron chi connectivity index (χ2n) is 8.52. The van der Waals surface area contributed by atoms with Crippen molar-refractivity contribution in [2.24, 2.45) is 0 Å². The summed E-state index contributed by atoms with van der Waals surface area (Å²) in [5.74, 6) is 0.681. The molecule has 188 valence electrons. The Balaban J connectivity index is 1.62. The molecule has 1 N–H and O–H groups in total. The molecule has 0 saturated heterocycles. The molecule has 0 saturated carbocycles. The molecule has 35 heavy (non-hydrogen) atoms. The van der Waals surface area contributed by atoms with E-state index >= 15 is 0 Å². The predicted molar refractivity (Wildman–Crippen MR) is 133 cm³/mol. The number of methoxy groups -OCH3 is 1. The summed E-state index contributed by atoms with van der Waals surface area (Å²) in [4.78, 5) is 23.8. The van der Waals surface area contributed by atoms with E-state index in [2.05, 4.69) is 13.5 Å². The Kier molecular flexibility index (Phi) is 9.32. The summed E-state index contributed by atoms with van der Waals surface area (Å²) in [7, 11) is 1.53. The van der Waals surface area contributed by atoms with Gasteiger partial charge in [0.1, 0.15) is 23.4 Å². The third-order valence-electron chi connectivity index (χ3n) is 5.97. The summed E-state index contributed by atoms with van der Waals surface area (Å²) in [5.41, 5.74) is 3.27. The third-order valence-corrected chi connectivity index (χ3v) is 5.97. The molecule has 1 aliphatic heterocycles. The zero-order chi connectivity index (χ0) is 25.4. The molecule has 0 radical (unpaired) electrons. The van der Waals surface area contributed by atoms with Crippen LogP contribution in [0.3, 0.4) is 0 Å². The Morgan fingerprint density at radius 2 is 2.03 bits per heavy atom.